The number of piperidine rings is 1. The summed E-state index contributed by atoms with van der Waals surface area (Å²) in [5, 5.41) is 4.29. The Labute approximate surface area is 109 Å². The number of rotatable bonds is 4. The molecule has 3 heteroatoms. The molecule has 0 amide bonds. The fourth-order valence-electron chi connectivity index (χ4n) is 2.49. The van der Waals surface area contributed by atoms with Crippen molar-refractivity contribution >= 4 is 11.6 Å². The summed E-state index contributed by atoms with van der Waals surface area (Å²) in [4.78, 5) is 2.39. The molecule has 0 aliphatic carbocycles. The van der Waals surface area contributed by atoms with E-state index in [-0.39, 0.29) is 0 Å². The fourth-order valence-corrected chi connectivity index (χ4v) is 2.68. The highest BCUT2D eigenvalue weighted by molar-refractivity contribution is 6.31. The number of nitrogens with one attached hydrogen (secondary N) is 1. The molecule has 0 bridgehead atoms. The molecule has 1 fully saturated rings. The molecule has 0 aromatic heterocycles. The lowest BCUT2D eigenvalue weighted by Gasteiger charge is -2.27. The van der Waals surface area contributed by atoms with Crippen LogP contribution in [0.2, 0.25) is 5.02 Å². The second-order valence-electron chi connectivity index (χ2n) is 4.98. The highest BCUT2D eigenvalue weighted by atomic mass is 35.5. The number of halogens is 1. The summed E-state index contributed by atoms with van der Waals surface area (Å²) in [5.74, 6) is 0.837. The lowest BCUT2D eigenvalue weighted by molar-refractivity contribution is 0.234. The van der Waals surface area contributed by atoms with Crippen LogP contribution in [0.15, 0.2) is 24.3 Å². The van der Waals surface area contributed by atoms with E-state index < -0.39 is 0 Å². The van der Waals surface area contributed by atoms with Crippen LogP contribution in [0.25, 0.3) is 0 Å². The Hall–Kier alpha value is -0.570. The first-order valence-electron chi connectivity index (χ1n) is 6.38. The zero-order valence-electron chi connectivity index (χ0n) is 10.5. The minimum atomic E-state index is 0.837. The quantitative estimate of drug-likeness (QED) is 0.887. The zero-order valence-corrected chi connectivity index (χ0v) is 11.2. The number of benzene rings is 1. The van der Waals surface area contributed by atoms with Crippen LogP contribution in [0.1, 0.15) is 18.4 Å². The van der Waals surface area contributed by atoms with Gasteiger partial charge in [-0.2, -0.15) is 0 Å². The standard InChI is InChI=1S/C14H21ClN2/c1-17(10-12-6-8-16-9-7-12)11-13-4-2-3-5-14(13)15/h2-5,12,16H,6-11H2,1H3. The molecular weight excluding hydrogens is 232 g/mol. The average molecular weight is 253 g/mol. The molecule has 17 heavy (non-hydrogen) atoms. The van der Waals surface area contributed by atoms with Crippen molar-refractivity contribution in [1.82, 2.24) is 10.2 Å². The summed E-state index contributed by atoms with van der Waals surface area (Å²) >= 11 is 6.17. The predicted octanol–water partition coefficient (Wildman–Crippen LogP) is 2.77. The van der Waals surface area contributed by atoms with E-state index >= 15 is 0 Å². The summed E-state index contributed by atoms with van der Waals surface area (Å²) in [6.07, 6.45) is 2.60. The van der Waals surface area contributed by atoms with E-state index in [1.54, 1.807) is 0 Å². The van der Waals surface area contributed by atoms with Crippen molar-refractivity contribution in [3.8, 4) is 0 Å². The minimum absolute atomic E-state index is 0.837. The van der Waals surface area contributed by atoms with Crippen LogP contribution in [-0.4, -0.2) is 31.6 Å². The molecule has 1 aliphatic heterocycles. The van der Waals surface area contributed by atoms with Gasteiger partial charge in [0, 0.05) is 18.1 Å². The van der Waals surface area contributed by atoms with E-state index in [0.29, 0.717) is 0 Å². The van der Waals surface area contributed by atoms with Gasteiger partial charge in [0.2, 0.25) is 0 Å². The monoisotopic (exact) mass is 252 g/mol. The predicted molar refractivity (Wildman–Crippen MR) is 73.4 cm³/mol. The van der Waals surface area contributed by atoms with Gasteiger partial charge in [-0.25, -0.2) is 0 Å². The highest BCUT2D eigenvalue weighted by Crippen LogP contribution is 2.18. The van der Waals surface area contributed by atoms with Crippen molar-refractivity contribution in [2.75, 3.05) is 26.7 Å². The third-order valence-electron chi connectivity index (χ3n) is 3.43. The van der Waals surface area contributed by atoms with Gasteiger partial charge in [-0.05, 0) is 50.5 Å². The Morgan fingerprint density at radius 3 is 2.71 bits per heavy atom. The van der Waals surface area contributed by atoms with Crippen molar-refractivity contribution in [3.05, 3.63) is 34.9 Å². The largest absolute Gasteiger partial charge is 0.317 e. The topological polar surface area (TPSA) is 15.3 Å². The molecule has 0 atom stereocenters. The maximum absolute atomic E-state index is 6.17. The SMILES string of the molecule is CN(Cc1ccccc1Cl)CC1CCNCC1. The van der Waals surface area contributed by atoms with Gasteiger partial charge in [0.25, 0.3) is 0 Å². The number of hydrogen-bond acceptors (Lipinski definition) is 2. The van der Waals surface area contributed by atoms with Gasteiger partial charge in [-0.15, -0.1) is 0 Å². The van der Waals surface area contributed by atoms with Gasteiger partial charge in [-0.1, -0.05) is 29.8 Å². The second kappa shape index (κ2) is 6.39. The first-order valence-corrected chi connectivity index (χ1v) is 6.76. The maximum atomic E-state index is 6.17. The van der Waals surface area contributed by atoms with Crippen LogP contribution in [0, 0.1) is 5.92 Å². The van der Waals surface area contributed by atoms with Crippen LogP contribution >= 0.6 is 11.6 Å². The molecule has 2 nitrogen and oxygen atoms in total. The highest BCUT2D eigenvalue weighted by Gasteiger charge is 2.15. The first kappa shape index (κ1) is 12.9. The lowest BCUT2D eigenvalue weighted by atomic mass is 9.97. The van der Waals surface area contributed by atoms with Crippen molar-refractivity contribution < 1.29 is 0 Å². The van der Waals surface area contributed by atoms with E-state index in [1.807, 2.05) is 12.1 Å². The molecule has 1 aliphatic rings. The normalized spacial score (nSPS) is 17.6. The molecule has 1 saturated heterocycles. The molecule has 1 aromatic rings. The Kier molecular flexibility index (Phi) is 4.84. The summed E-state index contributed by atoms with van der Waals surface area (Å²) in [6, 6.07) is 8.12. The molecule has 0 spiro atoms. The summed E-state index contributed by atoms with van der Waals surface area (Å²) in [5.41, 5.74) is 1.23. The molecule has 2 rings (SSSR count). The molecule has 0 unspecified atom stereocenters. The zero-order chi connectivity index (χ0) is 12.1. The van der Waals surface area contributed by atoms with Crippen molar-refractivity contribution in [3.63, 3.8) is 0 Å². The Balaban J connectivity index is 1.84. The van der Waals surface area contributed by atoms with Crippen LogP contribution in [0.3, 0.4) is 0 Å². The van der Waals surface area contributed by atoms with Gasteiger partial charge in [0.05, 0.1) is 0 Å². The smallest absolute Gasteiger partial charge is 0.0451 e. The van der Waals surface area contributed by atoms with Crippen LogP contribution in [0.4, 0.5) is 0 Å². The van der Waals surface area contributed by atoms with Gasteiger partial charge < -0.3 is 10.2 Å². The Morgan fingerprint density at radius 1 is 1.29 bits per heavy atom. The molecule has 1 heterocycles. The maximum Gasteiger partial charge on any atom is 0.0451 e. The van der Waals surface area contributed by atoms with Gasteiger partial charge >= 0.3 is 0 Å². The van der Waals surface area contributed by atoms with Crippen LogP contribution in [0.5, 0.6) is 0 Å². The van der Waals surface area contributed by atoms with E-state index in [0.717, 1.165) is 17.5 Å². The van der Waals surface area contributed by atoms with Gasteiger partial charge in [0.15, 0.2) is 0 Å². The number of hydrogen-bond donors (Lipinski definition) is 1. The van der Waals surface area contributed by atoms with Crippen molar-refractivity contribution in [2.45, 2.75) is 19.4 Å². The molecule has 1 aromatic carbocycles. The molecule has 94 valence electrons. The third-order valence-corrected chi connectivity index (χ3v) is 3.80. The summed E-state index contributed by atoms with van der Waals surface area (Å²) in [7, 11) is 2.19. The average Bonchev–Trinajstić information content (AvgIpc) is 2.33. The van der Waals surface area contributed by atoms with Gasteiger partial charge in [0.1, 0.15) is 0 Å². The second-order valence-corrected chi connectivity index (χ2v) is 5.39. The van der Waals surface area contributed by atoms with Crippen molar-refractivity contribution in [2.24, 2.45) is 5.92 Å². The van der Waals surface area contributed by atoms with E-state index in [9.17, 15) is 0 Å². The lowest BCUT2D eigenvalue weighted by Crippen LogP contribution is -2.34. The molecular formula is C14H21ClN2. The van der Waals surface area contributed by atoms with E-state index in [4.69, 9.17) is 11.6 Å². The van der Waals surface area contributed by atoms with Crippen LogP contribution < -0.4 is 5.32 Å². The Morgan fingerprint density at radius 2 is 2.00 bits per heavy atom. The van der Waals surface area contributed by atoms with Crippen LogP contribution in [-0.2, 0) is 6.54 Å². The van der Waals surface area contributed by atoms with E-state index in [2.05, 4.69) is 29.4 Å². The first-order chi connectivity index (χ1) is 8.25. The molecule has 1 N–H and O–H groups in total. The Bertz CT molecular complexity index is 348. The fraction of sp³-hybridized carbons (Fsp3) is 0.571. The molecule has 0 radical (unpaired) electrons. The van der Waals surface area contributed by atoms with Gasteiger partial charge in [-0.3, -0.25) is 0 Å². The number of nitrogens with zero attached hydrogens (tertiary/aromatic N) is 1. The van der Waals surface area contributed by atoms with E-state index in [1.165, 1.54) is 38.0 Å². The summed E-state index contributed by atoms with van der Waals surface area (Å²) in [6.45, 7) is 4.46. The summed E-state index contributed by atoms with van der Waals surface area (Å²) < 4.78 is 0. The third kappa shape index (κ3) is 3.98. The minimum Gasteiger partial charge on any atom is -0.317 e. The molecule has 0 saturated carbocycles. The van der Waals surface area contributed by atoms with Crippen molar-refractivity contribution in [1.29, 1.82) is 0 Å².